The summed E-state index contributed by atoms with van der Waals surface area (Å²) in [6.07, 6.45) is 0. The van der Waals surface area contributed by atoms with Gasteiger partial charge >= 0.3 is 0 Å². The second-order valence-corrected chi connectivity index (χ2v) is 17.3. The maximum absolute atomic E-state index is 2.54. The van der Waals surface area contributed by atoms with E-state index in [-0.39, 0.29) is 5.41 Å². The van der Waals surface area contributed by atoms with E-state index in [0.29, 0.717) is 0 Å². The Hall–Kier alpha value is -6.96. The Bertz CT molecular complexity index is 3510. The number of rotatable bonds is 3. The largest absolute Gasteiger partial charge is 0.309 e. The average Bonchev–Trinajstić information content (AvgIpc) is 3.58. The van der Waals surface area contributed by atoms with Gasteiger partial charge in [-0.3, -0.25) is 0 Å². The van der Waals surface area contributed by atoms with Gasteiger partial charge in [0.05, 0.1) is 11.0 Å². The van der Waals surface area contributed by atoms with Gasteiger partial charge in [0, 0.05) is 16.5 Å². The number of benzene rings is 12. The normalized spacial score (nSPS) is 12.8. The molecule has 12 aromatic carbocycles. The van der Waals surface area contributed by atoms with E-state index in [1.54, 1.807) is 0 Å². The molecule has 0 unspecified atom stereocenters. The van der Waals surface area contributed by atoms with Gasteiger partial charge in [0.25, 0.3) is 0 Å². The summed E-state index contributed by atoms with van der Waals surface area (Å²) in [7, 11) is 0. The molecule has 0 saturated heterocycles. The number of aromatic nitrogens is 1. The highest BCUT2D eigenvalue weighted by Gasteiger charge is 2.22. The van der Waals surface area contributed by atoms with E-state index in [2.05, 4.69) is 195 Å². The lowest BCUT2D eigenvalue weighted by atomic mass is 9.87. The highest BCUT2D eigenvalue weighted by Crippen LogP contribution is 2.47. The second kappa shape index (κ2) is 10.9. The molecule has 0 fully saturated rings. The van der Waals surface area contributed by atoms with Crippen molar-refractivity contribution in [3.05, 3.63) is 175 Å². The van der Waals surface area contributed by atoms with E-state index in [0.717, 1.165) is 0 Å². The van der Waals surface area contributed by atoms with Crippen molar-refractivity contribution < 1.29 is 0 Å². The first-order chi connectivity index (χ1) is 27.9. The van der Waals surface area contributed by atoms with Crippen molar-refractivity contribution in [1.29, 1.82) is 0 Å². The summed E-state index contributed by atoms with van der Waals surface area (Å²) < 4.78 is 2.54. The van der Waals surface area contributed by atoms with Crippen LogP contribution < -0.4 is 0 Å². The highest BCUT2D eigenvalue weighted by molar-refractivity contribution is 6.29. The lowest BCUT2D eigenvalue weighted by Gasteiger charge is -2.20. The number of hydrogen-bond acceptors (Lipinski definition) is 0. The van der Waals surface area contributed by atoms with Crippen LogP contribution in [0.4, 0.5) is 0 Å². The quantitative estimate of drug-likeness (QED) is 0.160. The summed E-state index contributed by atoms with van der Waals surface area (Å²) in [5, 5.41) is 21.0. The van der Waals surface area contributed by atoms with Crippen molar-refractivity contribution in [2.24, 2.45) is 0 Å². The Morgan fingerprint density at radius 2 is 0.719 bits per heavy atom. The maximum atomic E-state index is 2.54. The topological polar surface area (TPSA) is 4.93 Å². The van der Waals surface area contributed by atoms with Crippen LogP contribution in [0.1, 0.15) is 26.3 Å². The van der Waals surface area contributed by atoms with Crippen molar-refractivity contribution in [2.45, 2.75) is 26.2 Å². The van der Waals surface area contributed by atoms with E-state index in [1.807, 2.05) is 0 Å². The van der Waals surface area contributed by atoms with Crippen LogP contribution in [0.15, 0.2) is 170 Å². The molecule has 0 saturated carbocycles. The van der Waals surface area contributed by atoms with E-state index >= 15 is 0 Å². The minimum Gasteiger partial charge on any atom is -0.309 e. The monoisotopic (exact) mass is 723 g/mol. The molecule has 1 nitrogen and oxygen atoms in total. The fourth-order valence-corrected chi connectivity index (χ4v) is 10.4. The van der Waals surface area contributed by atoms with Crippen LogP contribution in [0, 0.1) is 0 Å². The third-order valence-electron chi connectivity index (χ3n) is 13.1. The van der Waals surface area contributed by atoms with Gasteiger partial charge in [-0.2, -0.15) is 0 Å². The molecule has 0 aliphatic rings. The van der Waals surface area contributed by atoms with Crippen molar-refractivity contribution in [3.63, 3.8) is 0 Å². The first kappa shape index (κ1) is 31.3. The maximum Gasteiger partial charge on any atom is 0.0553 e. The molecular weight excluding hydrogens is 687 g/mol. The smallest absolute Gasteiger partial charge is 0.0553 e. The standard InChI is InChI=1S/C56H37N/c1-56(2,3)42-20-22-43(23-21-42)57-48-30-40(44-24-16-36-12-10-32-6-4-8-34-18-26-46(44)52(36)50(32)34)28-38-14-15-39-29-41(31-49(57)55(39)54(38)48)45-25-17-37-13-11-33-7-5-9-35-19-27-47(45)53(37)51(33)35/h4-31H,1-3H3. The summed E-state index contributed by atoms with van der Waals surface area (Å²) >= 11 is 0. The SMILES string of the molecule is CC(C)(C)c1ccc(-n2c3cc(-c4ccc5ccc6cccc7ccc4c5c67)cc4ccc5cc(-c6ccc7ccc8cccc9ccc6c7c89)cc2c5c43)cc1. The Morgan fingerprint density at radius 1 is 0.333 bits per heavy atom. The molecule has 13 aromatic rings. The molecule has 0 aliphatic heterocycles. The minimum atomic E-state index is 0.0664. The third-order valence-corrected chi connectivity index (χ3v) is 13.1. The first-order valence-corrected chi connectivity index (χ1v) is 20.2. The summed E-state index contributed by atoms with van der Waals surface area (Å²) in [4.78, 5) is 0. The van der Waals surface area contributed by atoms with E-state index in [9.17, 15) is 0 Å². The molecule has 57 heavy (non-hydrogen) atoms. The van der Waals surface area contributed by atoms with Crippen LogP contribution in [0.5, 0.6) is 0 Å². The molecule has 1 heteroatoms. The zero-order chi connectivity index (χ0) is 37.7. The second-order valence-electron chi connectivity index (χ2n) is 17.3. The van der Waals surface area contributed by atoms with Gasteiger partial charge in [-0.15, -0.1) is 0 Å². The Labute approximate surface area is 330 Å². The molecule has 0 N–H and O–H groups in total. The molecule has 266 valence electrons. The van der Waals surface area contributed by atoms with Crippen LogP contribution in [0.3, 0.4) is 0 Å². The van der Waals surface area contributed by atoms with Crippen LogP contribution in [0.2, 0.25) is 0 Å². The molecular formula is C56H37N. The number of hydrogen-bond donors (Lipinski definition) is 0. The summed E-state index contributed by atoms with van der Waals surface area (Å²) in [6, 6.07) is 64.8. The molecule has 0 bridgehead atoms. The van der Waals surface area contributed by atoms with Crippen molar-refractivity contribution >= 4 is 97.2 Å². The van der Waals surface area contributed by atoms with E-state index in [1.165, 1.54) is 131 Å². The zero-order valence-corrected chi connectivity index (χ0v) is 32.1. The van der Waals surface area contributed by atoms with Gasteiger partial charge in [-0.1, -0.05) is 154 Å². The fourth-order valence-electron chi connectivity index (χ4n) is 10.4. The van der Waals surface area contributed by atoms with Crippen molar-refractivity contribution in [1.82, 2.24) is 4.57 Å². The van der Waals surface area contributed by atoms with Gasteiger partial charge in [0.1, 0.15) is 0 Å². The Balaban J connectivity index is 1.12. The zero-order valence-electron chi connectivity index (χ0n) is 32.1. The Morgan fingerprint density at radius 3 is 1.16 bits per heavy atom. The van der Waals surface area contributed by atoms with Crippen LogP contribution >= 0.6 is 0 Å². The summed E-state index contributed by atoms with van der Waals surface area (Å²) in [5.74, 6) is 0. The highest BCUT2D eigenvalue weighted by atomic mass is 15.0. The van der Waals surface area contributed by atoms with Crippen molar-refractivity contribution in [2.75, 3.05) is 0 Å². The van der Waals surface area contributed by atoms with E-state index < -0.39 is 0 Å². The van der Waals surface area contributed by atoms with Crippen LogP contribution in [0.25, 0.3) is 125 Å². The molecule has 0 radical (unpaired) electrons. The number of nitrogens with zero attached hydrogens (tertiary/aromatic N) is 1. The predicted octanol–water partition coefficient (Wildman–Crippen LogP) is 15.8. The van der Waals surface area contributed by atoms with Gasteiger partial charge in [0.2, 0.25) is 0 Å². The van der Waals surface area contributed by atoms with Gasteiger partial charge < -0.3 is 4.57 Å². The average molecular weight is 724 g/mol. The van der Waals surface area contributed by atoms with Crippen molar-refractivity contribution in [3.8, 4) is 27.9 Å². The van der Waals surface area contributed by atoms with Gasteiger partial charge in [-0.05, 0) is 145 Å². The molecule has 0 spiro atoms. The molecule has 0 atom stereocenters. The lowest BCUT2D eigenvalue weighted by Crippen LogP contribution is -2.10. The predicted molar refractivity (Wildman–Crippen MR) is 246 cm³/mol. The first-order valence-electron chi connectivity index (χ1n) is 20.2. The molecule has 0 amide bonds. The fraction of sp³-hybridized carbons (Fsp3) is 0.0714. The summed E-state index contributed by atoms with van der Waals surface area (Å²) in [6.45, 7) is 6.88. The van der Waals surface area contributed by atoms with Crippen LogP contribution in [-0.2, 0) is 5.41 Å². The van der Waals surface area contributed by atoms with Gasteiger partial charge in [-0.25, -0.2) is 0 Å². The minimum absolute atomic E-state index is 0.0664. The Kier molecular flexibility index (Phi) is 5.96. The van der Waals surface area contributed by atoms with Gasteiger partial charge in [0.15, 0.2) is 0 Å². The third kappa shape index (κ3) is 4.24. The summed E-state index contributed by atoms with van der Waals surface area (Å²) in [5.41, 5.74) is 10.1. The molecule has 0 aliphatic carbocycles. The molecule has 1 aromatic heterocycles. The van der Waals surface area contributed by atoms with E-state index in [4.69, 9.17) is 0 Å². The molecule has 13 rings (SSSR count). The van der Waals surface area contributed by atoms with Crippen LogP contribution in [-0.4, -0.2) is 4.57 Å². The molecule has 1 heterocycles. The lowest BCUT2D eigenvalue weighted by molar-refractivity contribution is 0.590.